The van der Waals surface area contributed by atoms with Crippen molar-refractivity contribution in [3.63, 3.8) is 0 Å². The van der Waals surface area contributed by atoms with E-state index in [4.69, 9.17) is 5.73 Å². The van der Waals surface area contributed by atoms with Gasteiger partial charge >= 0.3 is 0 Å². The highest BCUT2D eigenvalue weighted by Crippen LogP contribution is 2.19. The van der Waals surface area contributed by atoms with Crippen LogP contribution in [0.3, 0.4) is 0 Å². The molecule has 2 aromatic rings. The Kier molecular flexibility index (Phi) is 6.13. The monoisotopic (exact) mass is 381 g/mol. The number of hydrogen-bond donors (Lipinski definition) is 2. The van der Waals surface area contributed by atoms with Crippen molar-refractivity contribution in [1.29, 1.82) is 0 Å². The van der Waals surface area contributed by atoms with Crippen LogP contribution in [0.15, 0.2) is 42.6 Å². The van der Waals surface area contributed by atoms with Crippen LogP contribution in [0.2, 0.25) is 0 Å². The number of hydrogen-bond acceptors (Lipinski definition) is 5. The number of likely N-dealkylation sites (tertiary alicyclic amines) is 1. The fourth-order valence-corrected chi connectivity index (χ4v) is 3.38. The van der Waals surface area contributed by atoms with Gasteiger partial charge in [-0.25, -0.2) is 4.98 Å². The van der Waals surface area contributed by atoms with Crippen LogP contribution in [0, 0.1) is 0 Å². The van der Waals surface area contributed by atoms with E-state index in [9.17, 15) is 9.59 Å². The van der Waals surface area contributed by atoms with Gasteiger partial charge < -0.3 is 20.9 Å². The second-order valence-corrected chi connectivity index (χ2v) is 7.31. The smallest absolute Gasteiger partial charge is 0.253 e. The molecular formula is C21H27N5O2. The van der Waals surface area contributed by atoms with E-state index in [1.54, 1.807) is 24.3 Å². The number of rotatable bonds is 5. The Labute approximate surface area is 165 Å². The highest BCUT2D eigenvalue weighted by atomic mass is 16.2. The summed E-state index contributed by atoms with van der Waals surface area (Å²) >= 11 is 0. The van der Waals surface area contributed by atoms with Crippen molar-refractivity contribution in [2.75, 3.05) is 37.4 Å². The van der Waals surface area contributed by atoms with Gasteiger partial charge in [-0.3, -0.25) is 9.59 Å². The molecule has 1 fully saturated rings. The Bertz CT molecular complexity index is 818. The Morgan fingerprint density at radius 2 is 1.79 bits per heavy atom. The van der Waals surface area contributed by atoms with Crippen LogP contribution in [-0.2, 0) is 0 Å². The van der Waals surface area contributed by atoms with Crippen LogP contribution in [0.25, 0.3) is 0 Å². The molecule has 3 N–H and O–H groups in total. The second kappa shape index (κ2) is 8.73. The first-order valence-electron chi connectivity index (χ1n) is 9.53. The molecule has 2 heterocycles. The molecule has 0 unspecified atom stereocenters. The van der Waals surface area contributed by atoms with Crippen LogP contribution in [0.1, 0.15) is 40.0 Å². The van der Waals surface area contributed by atoms with Crippen LogP contribution >= 0.6 is 0 Å². The predicted octanol–water partition coefficient (Wildman–Crippen LogP) is 2.35. The molecule has 1 aromatic carbocycles. The molecular weight excluding hydrogens is 354 g/mol. The molecule has 0 radical (unpaired) electrons. The van der Waals surface area contributed by atoms with Gasteiger partial charge in [-0.1, -0.05) is 0 Å². The standard InChI is InChI=1S/C21H27N5O2/c1-25(2)19-10-9-18(14-23-19)24-17-4-3-12-26(13-11-17)21(28)16-7-5-15(6-8-16)20(22)27/h5-10,14,17,24H,3-4,11-13H2,1-2H3,(H2,22,27)/t17-/m0/s1. The molecule has 7 nitrogen and oxygen atoms in total. The van der Waals surface area contributed by atoms with E-state index in [0.717, 1.165) is 37.3 Å². The molecule has 0 aliphatic carbocycles. The number of pyridine rings is 1. The summed E-state index contributed by atoms with van der Waals surface area (Å²) in [5.74, 6) is 0.426. The van der Waals surface area contributed by atoms with Crippen molar-refractivity contribution >= 4 is 23.3 Å². The maximum atomic E-state index is 12.8. The molecule has 0 saturated carbocycles. The Morgan fingerprint density at radius 1 is 1.07 bits per heavy atom. The largest absolute Gasteiger partial charge is 0.381 e. The Balaban J connectivity index is 1.58. The molecule has 1 atom stereocenters. The summed E-state index contributed by atoms with van der Waals surface area (Å²) in [6.07, 6.45) is 4.66. The van der Waals surface area contributed by atoms with E-state index < -0.39 is 5.91 Å². The fraction of sp³-hybridized carbons (Fsp3) is 0.381. The number of primary amides is 1. The van der Waals surface area contributed by atoms with E-state index in [2.05, 4.69) is 10.3 Å². The van der Waals surface area contributed by atoms with Gasteiger partial charge in [-0.15, -0.1) is 0 Å². The normalized spacial score (nSPS) is 16.9. The summed E-state index contributed by atoms with van der Waals surface area (Å²) in [6.45, 7) is 1.42. The lowest BCUT2D eigenvalue weighted by Gasteiger charge is -2.21. The minimum atomic E-state index is -0.490. The number of nitrogens with two attached hydrogens (primary N) is 1. The summed E-state index contributed by atoms with van der Waals surface area (Å²) in [4.78, 5) is 32.2. The lowest BCUT2D eigenvalue weighted by molar-refractivity contribution is 0.0761. The molecule has 1 aliphatic rings. The van der Waals surface area contributed by atoms with Crippen LogP contribution in [0.4, 0.5) is 11.5 Å². The summed E-state index contributed by atoms with van der Waals surface area (Å²) < 4.78 is 0. The third-order valence-corrected chi connectivity index (χ3v) is 5.01. The Morgan fingerprint density at radius 3 is 2.39 bits per heavy atom. The molecule has 1 saturated heterocycles. The lowest BCUT2D eigenvalue weighted by Crippen LogP contribution is -2.32. The quantitative estimate of drug-likeness (QED) is 0.830. The number of carbonyl (C=O) groups is 2. The Hall–Kier alpha value is -3.09. The van der Waals surface area contributed by atoms with E-state index in [1.807, 2.05) is 42.2 Å². The van der Waals surface area contributed by atoms with E-state index in [1.165, 1.54) is 0 Å². The highest BCUT2D eigenvalue weighted by Gasteiger charge is 2.21. The van der Waals surface area contributed by atoms with Crippen molar-refractivity contribution in [1.82, 2.24) is 9.88 Å². The SMILES string of the molecule is CN(C)c1ccc(N[C@H]2CCCN(C(=O)c3ccc(C(N)=O)cc3)CC2)cn1. The number of anilines is 2. The molecule has 1 aromatic heterocycles. The molecule has 1 aliphatic heterocycles. The molecule has 0 spiro atoms. The zero-order valence-electron chi connectivity index (χ0n) is 16.4. The van der Waals surface area contributed by atoms with Crippen molar-refractivity contribution in [3.8, 4) is 0 Å². The van der Waals surface area contributed by atoms with Crippen molar-refractivity contribution in [2.45, 2.75) is 25.3 Å². The molecule has 148 valence electrons. The summed E-state index contributed by atoms with van der Waals surface area (Å²) in [7, 11) is 3.93. The fourth-order valence-electron chi connectivity index (χ4n) is 3.38. The van der Waals surface area contributed by atoms with Crippen LogP contribution in [-0.4, -0.2) is 54.9 Å². The summed E-state index contributed by atoms with van der Waals surface area (Å²) in [6, 6.07) is 10.9. The zero-order chi connectivity index (χ0) is 20.1. The number of amides is 2. The highest BCUT2D eigenvalue weighted by molar-refractivity contribution is 5.97. The molecule has 7 heteroatoms. The van der Waals surface area contributed by atoms with Crippen molar-refractivity contribution < 1.29 is 9.59 Å². The molecule has 3 rings (SSSR count). The number of nitrogens with zero attached hydrogens (tertiary/aromatic N) is 3. The molecule has 2 amide bonds. The first-order valence-corrected chi connectivity index (χ1v) is 9.53. The third kappa shape index (κ3) is 4.79. The minimum Gasteiger partial charge on any atom is -0.381 e. The maximum absolute atomic E-state index is 12.8. The minimum absolute atomic E-state index is 0.00586. The maximum Gasteiger partial charge on any atom is 0.253 e. The first kappa shape index (κ1) is 19.7. The van der Waals surface area contributed by atoms with Gasteiger partial charge in [0.25, 0.3) is 5.91 Å². The van der Waals surface area contributed by atoms with Crippen molar-refractivity contribution in [2.24, 2.45) is 5.73 Å². The summed E-state index contributed by atoms with van der Waals surface area (Å²) in [5.41, 5.74) is 7.25. The van der Waals surface area contributed by atoms with Gasteiger partial charge in [-0.05, 0) is 55.7 Å². The van der Waals surface area contributed by atoms with E-state index >= 15 is 0 Å². The second-order valence-electron chi connectivity index (χ2n) is 7.31. The predicted molar refractivity (Wildman–Crippen MR) is 111 cm³/mol. The zero-order valence-corrected chi connectivity index (χ0v) is 16.4. The van der Waals surface area contributed by atoms with Gasteiger partial charge in [0.05, 0.1) is 11.9 Å². The van der Waals surface area contributed by atoms with Gasteiger partial charge in [-0.2, -0.15) is 0 Å². The molecule has 0 bridgehead atoms. The third-order valence-electron chi connectivity index (χ3n) is 5.01. The van der Waals surface area contributed by atoms with Crippen LogP contribution in [0.5, 0.6) is 0 Å². The number of nitrogens with one attached hydrogen (secondary N) is 1. The van der Waals surface area contributed by atoms with E-state index in [-0.39, 0.29) is 5.91 Å². The average Bonchev–Trinajstić information content (AvgIpc) is 2.93. The van der Waals surface area contributed by atoms with E-state index in [0.29, 0.717) is 23.7 Å². The summed E-state index contributed by atoms with van der Waals surface area (Å²) in [5, 5.41) is 3.54. The van der Waals surface area contributed by atoms with Gasteiger partial charge in [0, 0.05) is 44.4 Å². The topological polar surface area (TPSA) is 91.6 Å². The number of carbonyl (C=O) groups excluding carboxylic acids is 2. The lowest BCUT2D eigenvalue weighted by atomic mass is 10.1. The molecule has 28 heavy (non-hydrogen) atoms. The van der Waals surface area contributed by atoms with Gasteiger partial charge in [0.15, 0.2) is 0 Å². The number of aromatic nitrogens is 1. The van der Waals surface area contributed by atoms with Crippen LogP contribution < -0.4 is 16.0 Å². The van der Waals surface area contributed by atoms with Gasteiger partial charge in [0.2, 0.25) is 5.91 Å². The number of benzene rings is 1. The average molecular weight is 381 g/mol. The van der Waals surface area contributed by atoms with Gasteiger partial charge in [0.1, 0.15) is 5.82 Å². The van der Waals surface area contributed by atoms with Crippen molar-refractivity contribution in [3.05, 3.63) is 53.7 Å². The first-order chi connectivity index (χ1) is 13.4.